The number of methoxy groups -OCH3 is 2. The lowest BCUT2D eigenvalue weighted by molar-refractivity contribution is 0.339. The summed E-state index contributed by atoms with van der Waals surface area (Å²) in [5, 5.41) is 3.12. The zero-order chi connectivity index (χ0) is 13.1. The van der Waals surface area contributed by atoms with Crippen LogP contribution in [0.3, 0.4) is 0 Å². The van der Waals surface area contributed by atoms with Crippen LogP contribution in [0, 0.1) is 0 Å². The zero-order valence-corrected chi connectivity index (χ0v) is 10.8. The molecule has 96 valence electrons. The molecule has 0 spiro atoms. The minimum Gasteiger partial charge on any atom is -0.467 e. The predicted molar refractivity (Wildman–Crippen MR) is 64.3 cm³/mol. The molecular formula is C10H19N5O2. The maximum atomic E-state index is 5.86. The summed E-state index contributed by atoms with van der Waals surface area (Å²) in [7, 11) is 2.96. The topological polar surface area (TPSA) is 95.2 Å². The summed E-state index contributed by atoms with van der Waals surface area (Å²) in [5.74, 6) is 0.371. The second-order valence-corrected chi connectivity index (χ2v) is 4.27. The van der Waals surface area contributed by atoms with Crippen molar-refractivity contribution < 1.29 is 9.47 Å². The highest BCUT2D eigenvalue weighted by Gasteiger charge is 2.24. The van der Waals surface area contributed by atoms with Crippen molar-refractivity contribution in [1.29, 1.82) is 0 Å². The molecule has 0 aromatic carbocycles. The van der Waals surface area contributed by atoms with Crippen LogP contribution >= 0.6 is 0 Å². The number of rotatable bonds is 5. The van der Waals surface area contributed by atoms with Crippen LogP contribution in [0.25, 0.3) is 0 Å². The van der Waals surface area contributed by atoms with E-state index in [4.69, 9.17) is 15.2 Å². The van der Waals surface area contributed by atoms with Gasteiger partial charge in [0.25, 0.3) is 0 Å². The first kappa shape index (κ1) is 13.4. The minimum absolute atomic E-state index is 0.0729. The Kier molecular flexibility index (Phi) is 4.06. The fourth-order valence-electron chi connectivity index (χ4n) is 0.978. The average Bonchev–Trinajstić information content (AvgIpc) is 2.27. The largest absolute Gasteiger partial charge is 0.467 e. The van der Waals surface area contributed by atoms with Crippen LogP contribution in [-0.4, -0.2) is 40.8 Å². The summed E-state index contributed by atoms with van der Waals surface area (Å²) in [6.07, 6.45) is 0. The summed E-state index contributed by atoms with van der Waals surface area (Å²) >= 11 is 0. The van der Waals surface area contributed by atoms with E-state index < -0.39 is 0 Å². The lowest BCUT2D eigenvalue weighted by Gasteiger charge is -2.30. The van der Waals surface area contributed by atoms with E-state index in [1.165, 1.54) is 14.2 Å². The monoisotopic (exact) mass is 241 g/mol. The van der Waals surface area contributed by atoms with E-state index in [9.17, 15) is 0 Å². The second kappa shape index (κ2) is 5.13. The third-order valence-corrected chi connectivity index (χ3v) is 2.53. The van der Waals surface area contributed by atoms with Crippen molar-refractivity contribution in [3.05, 3.63) is 0 Å². The predicted octanol–water partition coefficient (Wildman–Crippen LogP) is 0.427. The number of nitrogens with one attached hydrogen (secondary N) is 1. The van der Waals surface area contributed by atoms with Crippen LogP contribution in [0.2, 0.25) is 0 Å². The Morgan fingerprint density at radius 2 is 1.59 bits per heavy atom. The van der Waals surface area contributed by atoms with Gasteiger partial charge < -0.3 is 20.5 Å². The zero-order valence-electron chi connectivity index (χ0n) is 10.8. The van der Waals surface area contributed by atoms with E-state index in [1.54, 1.807) is 0 Å². The molecule has 3 N–H and O–H groups in total. The quantitative estimate of drug-likeness (QED) is 0.771. The number of ether oxygens (including phenoxy) is 2. The Morgan fingerprint density at radius 1 is 1.12 bits per heavy atom. The lowest BCUT2D eigenvalue weighted by atomic mass is 9.97. The number of hydrogen-bond acceptors (Lipinski definition) is 7. The molecule has 1 atom stereocenters. The van der Waals surface area contributed by atoms with Gasteiger partial charge in [0.1, 0.15) is 0 Å². The molecule has 0 radical (unpaired) electrons. The molecule has 0 saturated heterocycles. The molecule has 7 heteroatoms. The molecule has 7 nitrogen and oxygen atoms in total. The molecule has 0 aliphatic rings. The molecule has 0 fully saturated rings. The van der Waals surface area contributed by atoms with Gasteiger partial charge in [-0.25, -0.2) is 0 Å². The van der Waals surface area contributed by atoms with E-state index in [-0.39, 0.29) is 23.6 Å². The van der Waals surface area contributed by atoms with Gasteiger partial charge in [-0.15, -0.1) is 4.98 Å². The minimum atomic E-state index is -0.350. The summed E-state index contributed by atoms with van der Waals surface area (Å²) in [5.41, 5.74) is 5.51. The van der Waals surface area contributed by atoms with Gasteiger partial charge in [-0.05, 0) is 20.8 Å². The number of hydrogen-bond donors (Lipinski definition) is 2. The molecule has 1 aromatic rings. The van der Waals surface area contributed by atoms with Gasteiger partial charge in [-0.2, -0.15) is 9.97 Å². The first-order valence-electron chi connectivity index (χ1n) is 5.27. The van der Waals surface area contributed by atoms with E-state index in [1.807, 2.05) is 20.8 Å². The van der Waals surface area contributed by atoms with E-state index >= 15 is 0 Å². The van der Waals surface area contributed by atoms with Crippen LogP contribution in [-0.2, 0) is 0 Å². The molecule has 1 aromatic heterocycles. The smallest absolute Gasteiger partial charge is 0.324 e. The Hall–Kier alpha value is -1.63. The fourth-order valence-corrected chi connectivity index (χ4v) is 0.978. The summed E-state index contributed by atoms with van der Waals surface area (Å²) in [4.78, 5) is 12.1. The van der Waals surface area contributed by atoms with Gasteiger partial charge in [0, 0.05) is 11.6 Å². The summed E-state index contributed by atoms with van der Waals surface area (Å²) < 4.78 is 9.92. The maximum Gasteiger partial charge on any atom is 0.324 e. The summed E-state index contributed by atoms with van der Waals surface area (Å²) in [6.45, 7) is 5.82. The average molecular weight is 241 g/mol. The molecule has 0 bridgehead atoms. The van der Waals surface area contributed by atoms with Gasteiger partial charge in [0.2, 0.25) is 5.95 Å². The molecule has 1 heterocycles. The number of aromatic nitrogens is 3. The van der Waals surface area contributed by atoms with Crippen molar-refractivity contribution in [2.75, 3.05) is 19.5 Å². The fraction of sp³-hybridized carbons (Fsp3) is 0.700. The van der Waals surface area contributed by atoms with Crippen LogP contribution in [0.15, 0.2) is 0 Å². The molecule has 0 aliphatic carbocycles. The molecule has 0 amide bonds. The van der Waals surface area contributed by atoms with Gasteiger partial charge in [-0.1, -0.05) is 0 Å². The molecular weight excluding hydrogens is 222 g/mol. The highest BCUT2D eigenvalue weighted by atomic mass is 16.5. The molecule has 0 saturated carbocycles. The Labute approximate surface area is 101 Å². The van der Waals surface area contributed by atoms with Crippen molar-refractivity contribution in [2.45, 2.75) is 32.4 Å². The van der Waals surface area contributed by atoms with Crippen LogP contribution in [0.5, 0.6) is 12.0 Å². The van der Waals surface area contributed by atoms with Crippen molar-refractivity contribution in [1.82, 2.24) is 15.0 Å². The first-order valence-corrected chi connectivity index (χ1v) is 5.27. The van der Waals surface area contributed by atoms with Crippen molar-refractivity contribution in [3.8, 4) is 12.0 Å². The van der Waals surface area contributed by atoms with Gasteiger partial charge >= 0.3 is 12.0 Å². The Morgan fingerprint density at radius 3 is 1.94 bits per heavy atom. The Bertz CT molecular complexity index is 359. The van der Waals surface area contributed by atoms with E-state index in [0.29, 0.717) is 5.95 Å². The summed E-state index contributed by atoms with van der Waals surface area (Å²) in [6, 6.07) is 0.316. The second-order valence-electron chi connectivity index (χ2n) is 4.27. The van der Waals surface area contributed by atoms with Crippen LogP contribution < -0.4 is 20.5 Å². The highest BCUT2D eigenvalue weighted by molar-refractivity contribution is 5.31. The number of nitrogens with zero attached hydrogens (tertiary/aromatic N) is 3. The molecule has 1 rings (SSSR count). The van der Waals surface area contributed by atoms with Gasteiger partial charge in [0.15, 0.2) is 0 Å². The van der Waals surface area contributed by atoms with Crippen molar-refractivity contribution in [3.63, 3.8) is 0 Å². The van der Waals surface area contributed by atoms with Crippen molar-refractivity contribution in [2.24, 2.45) is 5.73 Å². The maximum absolute atomic E-state index is 5.86. The van der Waals surface area contributed by atoms with Gasteiger partial charge in [0.05, 0.1) is 14.2 Å². The Balaban J connectivity index is 2.98. The number of anilines is 1. The van der Waals surface area contributed by atoms with Crippen molar-refractivity contribution >= 4 is 5.95 Å². The molecule has 1 unspecified atom stereocenters. The third-order valence-electron chi connectivity index (χ3n) is 2.53. The number of nitrogens with two attached hydrogens (primary N) is 1. The van der Waals surface area contributed by atoms with Crippen LogP contribution in [0.1, 0.15) is 20.8 Å². The molecule has 0 aliphatic heterocycles. The molecule has 17 heavy (non-hydrogen) atoms. The highest BCUT2D eigenvalue weighted by Crippen LogP contribution is 2.17. The van der Waals surface area contributed by atoms with Crippen LogP contribution in [0.4, 0.5) is 5.95 Å². The normalized spacial score (nSPS) is 13.1. The lowest BCUT2D eigenvalue weighted by Crippen LogP contribution is -2.47. The van der Waals surface area contributed by atoms with E-state index in [2.05, 4.69) is 20.3 Å². The van der Waals surface area contributed by atoms with E-state index in [0.717, 1.165) is 0 Å². The third kappa shape index (κ3) is 3.42. The first-order chi connectivity index (χ1) is 7.89. The van der Waals surface area contributed by atoms with Gasteiger partial charge in [-0.3, -0.25) is 0 Å². The standard InChI is InChI=1S/C10H19N5O2/c1-6(11)10(2,3)15-7-12-8(16-4)14-9(13-7)17-5/h6H,11H2,1-5H3,(H,12,13,14,15). The SMILES string of the molecule is COc1nc(NC(C)(C)C(C)N)nc(OC)n1.